The molecule has 108 valence electrons. The Balaban J connectivity index is 2.78. The van der Waals surface area contributed by atoms with E-state index in [2.05, 4.69) is 66.7 Å². The molecule has 2 rings (SSSR count). The van der Waals surface area contributed by atoms with Crippen molar-refractivity contribution < 1.29 is 0 Å². The van der Waals surface area contributed by atoms with E-state index in [0.717, 1.165) is 28.8 Å². The Labute approximate surface area is 122 Å². The molecule has 0 fully saturated rings. The molecule has 0 aliphatic rings. The molecule has 0 radical (unpaired) electrons. The van der Waals surface area contributed by atoms with E-state index in [9.17, 15) is 0 Å². The van der Waals surface area contributed by atoms with Gasteiger partial charge in [0.05, 0.1) is 22.4 Å². The van der Waals surface area contributed by atoms with E-state index in [0.29, 0.717) is 0 Å². The normalized spacial score (nSPS) is 12.9. The quantitative estimate of drug-likeness (QED) is 0.744. The van der Waals surface area contributed by atoms with Crippen LogP contribution in [0.3, 0.4) is 0 Å². The lowest BCUT2D eigenvalue weighted by Gasteiger charge is -2.28. The van der Waals surface area contributed by atoms with Crippen LogP contribution in [0.4, 0.5) is 0 Å². The molecule has 1 heterocycles. The van der Waals surface area contributed by atoms with E-state index in [1.165, 1.54) is 5.56 Å². The molecule has 1 aromatic heterocycles. The van der Waals surface area contributed by atoms with E-state index >= 15 is 0 Å². The van der Waals surface area contributed by atoms with Gasteiger partial charge in [-0.2, -0.15) is 0 Å². The van der Waals surface area contributed by atoms with Gasteiger partial charge in [0.25, 0.3) is 0 Å². The fourth-order valence-corrected chi connectivity index (χ4v) is 2.37. The lowest BCUT2D eigenvalue weighted by Crippen LogP contribution is -2.25. The van der Waals surface area contributed by atoms with Gasteiger partial charge in [0, 0.05) is 10.8 Å². The summed E-state index contributed by atoms with van der Waals surface area (Å²) in [6, 6.07) is 6.42. The summed E-state index contributed by atoms with van der Waals surface area (Å²) in [6.07, 6.45) is 1.03. The molecule has 0 saturated heterocycles. The highest BCUT2D eigenvalue weighted by Crippen LogP contribution is 2.32. The summed E-state index contributed by atoms with van der Waals surface area (Å²) in [5, 5.41) is 0. The Bertz CT molecular complexity index is 628. The molecule has 0 atom stereocenters. The van der Waals surface area contributed by atoms with Crippen LogP contribution in [0.1, 0.15) is 65.4 Å². The van der Waals surface area contributed by atoms with Gasteiger partial charge in [-0.3, -0.25) is 0 Å². The van der Waals surface area contributed by atoms with Crippen LogP contribution in [0, 0.1) is 0 Å². The van der Waals surface area contributed by atoms with Gasteiger partial charge < -0.3 is 0 Å². The van der Waals surface area contributed by atoms with Gasteiger partial charge in [0.2, 0.25) is 0 Å². The van der Waals surface area contributed by atoms with Crippen molar-refractivity contribution in [1.29, 1.82) is 0 Å². The molecule has 0 aliphatic heterocycles. The maximum absolute atomic E-state index is 4.96. The van der Waals surface area contributed by atoms with E-state index in [-0.39, 0.29) is 10.8 Å². The van der Waals surface area contributed by atoms with Gasteiger partial charge in [0.1, 0.15) is 0 Å². The predicted octanol–water partition coefficient (Wildman–Crippen LogP) is 4.79. The van der Waals surface area contributed by atoms with Gasteiger partial charge in [0.15, 0.2) is 0 Å². The Kier molecular flexibility index (Phi) is 3.62. The first kappa shape index (κ1) is 15.0. The molecule has 0 unspecified atom stereocenters. The smallest absolute Gasteiger partial charge is 0.0893 e. The number of nitrogens with zero attached hydrogens (tertiary/aromatic N) is 2. The fourth-order valence-electron chi connectivity index (χ4n) is 2.37. The summed E-state index contributed by atoms with van der Waals surface area (Å²) in [6.45, 7) is 15.4. The Morgan fingerprint density at radius 2 is 1.30 bits per heavy atom. The van der Waals surface area contributed by atoms with Crippen molar-refractivity contribution in [1.82, 2.24) is 9.97 Å². The van der Waals surface area contributed by atoms with Crippen molar-refractivity contribution in [3.05, 3.63) is 35.2 Å². The molecule has 20 heavy (non-hydrogen) atoms. The summed E-state index contributed by atoms with van der Waals surface area (Å²) in [4.78, 5) is 9.88. The molecule has 0 saturated carbocycles. The van der Waals surface area contributed by atoms with E-state index in [1.807, 2.05) is 0 Å². The van der Waals surface area contributed by atoms with Gasteiger partial charge in [-0.15, -0.1) is 0 Å². The lowest BCUT2D eigenvalue weighted by molar-refractivity contribution is 0.502. The van der Waals surface area contributed by atoms with Crippen LogP contribution < -0.4 is 0 Å². The predicted molar refractivity (Wildman–Crippen MR) is 86.3 cm³/mol. The fraction of sp³-hybridized carbons (Fsp3) is 0.556. The summed E-state index contributed by atoms with van der Waals surface area (Å²) < 4.78 is 0. The van der Waals surface area contributed by atoms with Gasteiger partial charge in [-0.1, -0.05) is 54.5 Å². The third-order valence-electron chi connectivity index (χ3n) is 3.56. The number of rotatable bonds is 1. The first-order valence-electron chi connectivity index (χ1n) is 7.44. The lowest BCUT2D eigenvalue weighted by atomic mass is 9.81. The van der Waals surface area contributed by atoms with E-state index in [1.54, 1.807) is 0 Å². The summed E-state index contributed by atoms with van der Waals surface area (Å²) in [5.74, 6) is 0. The molecule has 2 aromatic rings. The molecule has 0 N–H and O–H groups in total. The number of aryl methyl sites for hydroxylation is 1. The van der Waals surface area contributed by atoms with Crippen LogP contribution >= 0.6 is 0 Å². The van der Waals surface area contributed by atoms with Crippen LogP contribution in [0.25, 0.3) is 11.0 Å². The van der Waals surface area contributed by atoms with Crippen molar-refractivity contribution in [2.75, 3.05) is 0 Å². The molecule has 1 aromatic carbocycles. The molecule has 2 nitrogen and oxygen atoms in total. The zero-order valence-corrected chi connectivity index (χ0v) is 13.8. The van der Waals surface area contributed by atoms with Crippen LogP contribution in [0.5, 0.6) is 0 Å². The topological polar surface area (TPSA) is 25.8 Å². The first-order chi connectivity index (χ1) is 9.13. The number of aromatic nitrogens is 2. The zero-order chi connectivity index (χ0) is 15.1. The van der Waals surface area contributed by atoms with Crippen LogP contribution in [0.2, 0.25) is 0 Å². The largest absolute Gasteiger partial charge is 0.249 e. The zero-order valence-electron chi connectivity index (χ0n) is 13.8. The maximum Gasteiger partial charge on any atom is 0.0893 e. The van der Waals surface area contributed by atoms with Crippen molar-refractivity contribution in [3.8, 4) is 0 Å². The van der Waals surface area contributed by atoms with Crippen LogP contribution in [0.15, 0.2) is 18.2 Å². The second-order valence-electron chi connectivity index (χ2n) is 7.60. The summed E-state index contributed by atoms with van der Waals surface area (Å²) in [7, 11) is 0. The number of hydrogen-bond donors (Lipinski definition) is 0. The molecule has 0 spiro atoms. The van der Waals surface area contributed by atoms with Crippen molar-refractivity contribution >= 4 is 11.0 Å². The third-order valence-corrected chi connectivity index (χ3v) is 3.56. The van der Waals surface area contributed by atoms with Gasteiger partial charge in [-0.05, 0) is 24.1 Å². The SMILES string of the molecule is CCc1ccc2nc(C(C)(C)C)c(C(C)(C)C)nc2c1. The minimum absolute atomic E-state index is 0.00597. The average molecular weight is 270 g/mol. The highest BCUT2D eigenvalue weighted by Gasteiger charge is 2.28. The average Bonchev–Trinajstić information content (AvgIpc) is 2.34. The molecular weight excluding hydrogens is 244 g/mol. The maximum atomic E-state index is 4.96. The van der Waals surface area contributed by atoms with Crippen LogP contribution in [-0.4, -0.2) is 9.97 Å². The summed E-state index contributed by atoms with van der Waals surface area (Å²) >= 11 is 0. The van der Waals surface area contributed by atoms with Crippen molar-refractivity contribution in [3.63, 3.8) is 0 Å². The highest BCUT2D eigenvalue weighted by molar-refractivity contribution is 5.75. The minimum atomic E-state index is 0.00597. The van der Waals surface area contributed by atoms with Gasteiger partial charge >= 0.3 is 0 Å². The second kappa shape index (κ2) is 4.83. The highest BCUT2D eigenvalue weighted by atomic mass is 14.9. The molecule has 0 bridgehead atoms. The number of hydrogen-bond acceptors (Lipinski definition) is 2. The molecule has 0 aliphatic carbocycles. The van der Waals surface area contributed by atoms with E-state index < -0.39 is 0 Å². The Hall–Kier alpha value is -1.44. The monoisotopic (exact) mass is 270 g/mol. The van der Waals surface area contributed by atoms with E-state index in [4.69, 9.17) is 9.97 Å². The molecule has 0 amide bonds. The first-order valence-corrected chi connectivity index (χ1v) is 7.44. The number of fused-ring (bicyclic) bond motifs is 1. The van der Waals surface area contributed by atoms with Crippen molar-refractivity contribution in [2.24, 2.45) is 0 Å². The summed E-state index contributed by atoms with van der Waals surface area (Å²) in [5.41, 5.74) is 5.57. The number of benzene rings is 1. The Morgan fingerprint density at radius 1 is 0.800 bits per heavy atom. The second-order valence-corrected chi connectivity index (χ2v) is 7.60. The van der Waals surface area contributed by atoms with Crippen LogP contribution in [-0.2, 0) is 17.3 Å². The molecule has 2 heteroatoms. The van der Waals surface area contributed by atoms with Gasteiger partial charge in [-0.25, -0.2) is 9.97 Å². The Morgan fingerprint density at radius 3 is 1.75 bits per heavy atom. The standard InChI is InChI=1S/C18H26N2/c1-8-12-9-10-13-14(11-12)20-16(18(5,6)7)15(19-13)17(2,3)4/h9-11H,8H2,1-7H3. The minimum Gasteiger partial charge on any atom is -0.249 e. The van der Waals surface area contributed by atoms with Crippen molar-refractivity contribution in [2.45, 2.75) is 65.7 Å². The third kappa shape index (κ3) is 2.84. The molecular formula is C18H26N2.